The lowest BCUT2D eigenvalue weighted by Crippen LogP contribution is -2.41. The molecule has 2 N–H and O–H groups in total. The first-order chi connectivity index (χ1) is 16.6. The number of aromatic nitrogens is 2. The zero-order valence-electron chi connectivity index (χ0n) is 19.7. The van der Waals surface area contributed by atoms with Gasteiger partial charge in [0.15, 0.2) is 0 Å². The number of hydrogen-bond donors (Lipinski definition) is 2. The molecule has 0 radical (unpaired) electrons. The Hall–Kier alpha value is -3.70. The summed E-state index contributed by atoms with van der Waals surface area (Å²) in [5.74, 6) is 0.0934. The minimum absolute atomic E-state index is 0.0881. The SMILES string of the molecule is CCC(CC(=O)O)NCc1cnc(C)n1C(c1ccccc1)(c1ccccc1)c1ccccc1. The summed E-state index contributed by atoms with van der Waals surface area (Å²) in [6.45, 7) is 4.55. The normalized spacial score (nSPS) is 12.4. The van der Waals surface area contributed by atoms with Crippen molar-refractivity contribution < 1.29 is 9.90 Å². The molecule has 4 aromatic rings. The number of imidazole rings is 1. The number of aliphatic carboxylic acids is 1. The molecule has 0 spiro atoms. The molecule has 0 saturated carbocycles. The third-order valence-corrected chi connectivity index (χ3v) is 6.41. The van der Waals surface area contributed by atoms with E-state index in [-0.39, 0.29) is 12.5 Å². The van der Waals surface area contributed by atoms with Crippen LogP contribution in [0.5, 0.6) is 0 Å². The maximum atomic E-state index is 11.3. The van der Waals surface area contributed by atoms with E-state index < -0.39 is 11.5 Å². The van der Waals surface area contributed by atoms with Gasteiger partial charge in [-0.25, -0.2) is 4.98 Å². The van der Waals surface area contributed by atoms with E-state index in [9.17, 15) is 9.90 Å². The number of rotatable bonds is 10. The molecule has 1 aromatic heterocycles. The molecule has 0 bridgehead atoms. The predicted octanol–water partition coefficient (Wildman–Crippen LogP) is 5.37. The quantitative estimate of drug-likeness (QED) is 0.317. The number of hydrogen-bond acceptors (Lipinski definition) is 3. The second kappa shape index (κ2) is 10.5. The molecule has 0 aliphatic heterocycles. The molecule has 5 nitrogen and oxygen atoms in total. The fourth-order valence-corrected chi connectivity index (χ4v) is 4.82. The van der Waals surface area contributed by atoms with Gasteiger partial charge in [0.05, 0.1) is 12.1 Å². The van der Waals surface area contributed by atoms with Gasteiger partial charge in [0.2, 0.25) is 0 Å². The van der Waals surface area contributed by atoms with Crippen LogP contribution < -0.4 is 5.32 Å². The summed E-state index contributed by atoms with van der Waals surface area (Å²) < 4.78 is 2.30. The van der Waals surface area contributed by atoms with Crippen LogP contribution in [-0.4, -0.2) is 26.7 Å². The Labute approximate surface area is 201 Å². The van der Waals surface area contributed by atoms with Crippen molar-refractivity contribution >= 4 is 5.97 Å². The molecule has 0 amide bonds. The summed E-state index contributed by atoms with van der Waals surface area (Å²) in [5.41, 5.74) is 3.75. The zero-order valence-corrected chi connectivity index (χ0v) is 19.7. The fourth-order valence-electron chi connectivity index (χ4n) is 4.82. The Morgan fingerprint density at radius 2 is 1.38 bits per heavy atom. The van der Waals surface area contributed by atoms with E-state index in [2.05, 4.69) is 82.7 Å². The maximum absolute atomic E-state index is 11.3. The summed E-state index contributed by atoms with van der Waals surface area (Å²) in [6, 6.07) is 31.4. The Bertz CT molecular complexity index is 1110. The van der Waals surface area contributed by atoms with Crippen LogP contribution in [0.4, 0.5) is 0 Å². The highest BCUT2D eigenvalue weighted by molar-refractivity contribution is 5.67. The van der Waals surface area contributed by atoms with Gasteiger partial charge in [-0.05, 0) is 30.0 Å². The highest BCUT2D eigenvalue weighted by Crippen LogP contribution is 2.42. The molecule has 0 aliphatic rings. The minimum Gasteiger partial charge on any atom is -0.481 e. The van der Waals surface area contributed by atoms with Crippen molar-refractivity contribution in [2.75, 3.05) is 0 Å². The van der Waals surface area contributed by atoms with Crippen LogP contribution in [0.25, 0.3) is 0 Å². The van der Waals surface area contributed by atoms with Crippen molar-refractivity contribution in [2.24, 2.45) is 0 Å². The third kappa shape index (κ3) is 4.52. The average Bonchev–Trinajstić information content (AvgIpc) is 3.24. The summed E-state index contributed by atoms with van der Waals surface area (Å²) in [6.07, 6.45) is 2.73. The fraction of sp³-hybridized carbons (Fsp3) is 0.241. The van der Waals surface area contributed by atoms with E-state index in [1.165, 1.54) is 0 Å². The summed E-state index contributed by atoms with van der Waals surface area (Å²) in [4.78, 5) is 16.0. The van der Waals surface area contributed by atoms with Crippen molar-refractivity contribution in [1.29, 1.82) is 0 Å². The molecule has 5 heteroatoms. The first-order valence-corrected chi connectivity index (χ1v) is 11.7. The van der Waals surface area contributed by atoms with Gasteiger partial charge < -0.3 is 15.0 Å². The molecule has 4 rings (SSSR count). The second-order valence-corrected chi connectivity index (χ2v) is 8.52. The topological polar surface area (TPSA) is 67.2 Å². The molecule has 34 heavy (non-hydrogen) atoms. The molecular weight excluding hydrogens is 422 g/mol. The number of carboxylic acid groups (broad SMARTS) is 1. The van der Waals surface area contributed by atoms with Crippen LogP contribution in [0, 0.1) is 6.92 Å². The number of benzene rings is 3. The number of nitrogens with one attached hydrogen (secondary N) is 1. The summed E-state index contributed by atoms with van der Waals surface area (Å²) in [5, 5.41) is 12.7. The van der Waals surface area contributed by atoms with E-state index in [4.69, 9.17) is 4.98 Å². The highest BCUT2D eigenvalue weighted by Gasteiger charge is 2.40. The van der Waals surface area contributed by atoms with Crippen LogP contribution in [0.1, 0.15) is 48.0 Å². The molecule has 1 unspecified atom stereocenters. The lowest BCUT2D eigenvalue weighted by molar-refractivity contribution is -0.137. The zero-order chi connectivity index (χ0) is 24.0. The summed E-state index contributed by atoms with van der Waals surface area (Å²) in [7, 11) is 0. The second-order valence-electron chi connectivity index (χ2n) is 8.52. The first kappa shape index (κ1) is 23.5. The van der Waals surface area contributed by atoms with Gasteiger partial charge in [0.25, 0.3) is 0 Å². The van der Waals surface area contributed by atoms with Gasteiger partial charge in [-0.2, -0.15) is 0 Å². The van der Waals surface area contributed by atoms with Gasteiger partial charge in [0, 0.05) is 18.8 Å². The van der Waals surface area contributed by atoms with Crippen molar-refractivity contribution in [3.05, 3.63) is 125 Å². The van der Waals surface area contributed by atoms with E-state index in [0.717, 1.165) is 34.6 Å². The third-order valence-electron chi connectivity index (χ3n) is 6.41. The summed E-state index contributed by atoms with van der Waals surface area (Å²) >= 11 is 0. The lowest BCUT2D eigenvalue weighted by Gasteiger charge is -2.39. The molecule has 174 valence electrons. The largest absolute Gasteiger partial charge is 0.481 e. The van der Waals surface area contributed by atoms with Crippen molar-refractivity contribution in [3.63, 3.8) is 0 Å². The lowest BCUT2D eigenvalue weighted by atomic mass is 9.76. The highest BCUT2D eigenvalue weighted by atomic mass is 16.4. The molecule has 3 aromatic carbocycles. The number of nitrogens with zero attached hydrogens (tertiary/aromatic N) is 2. The van der Waals surface area contributed by atoms with Gasteiger partial charge in [-0.1, -0.05) is 97.9 Å². The Morgan fingerprint density at radius 1 is 0.912 bits per heavy atom. The maximum Gasteiger partial charge on any atom is 0.304 e. The van der Waals surface area contributed by atoms with Gasteiger partial charge in [-0.3, -0.25) is 4.79 Å². The molecule has 1 atom stereocenters. The van der Waals surface area contributed by atoms with Gasteiger partial charge in [0.1, 0.15) is 11.4 Å². The van der Waals surface area contributed by atoms with E-state index in [0.29, 0.717) is 6.54 Å². The van der Waals surface area contributed by atoms with E-state index in [1.807, 2.05) is 38.2 Å². The Morgan fingerprint density at radius 3 is 1.79 bits per heavy atom. The molecule has 0 aliphatic carbocycles. The monoisotopic (exact) mass is 453 g/mol. The standard InChI is InChI=1S/C29H31N3O2/c1-3-26(19-28(33)34)31-21-27-20-30-22(2)32(27)29(23-13-7-4-8-14-23,24-15-9-5-10-16-24)25-17-11-6-12-18-25/h4-18,20,26,31H,3,19,21H2,1-2H3,(H,33,34). The Kier molecular flexibility index (Phi) is 7.24. The van der Waals surface area contributed by atoms with E-state index in [1.54, 1.807) is 0 Å². The minimum atomic E-state index is -0.795. The molecule has 0 fully saturated rings. The first-order valence-electron chi connectivity index (χ1n) is 11.7. The van der Waals surface area contributed by atoms with Crippen LogP contribution in [0.2, 0.25) is 0 Å². The van der Waals surface area contributed by atoms with E-state index >= 15 is 0 Å². The van der Waals surface area contributed by atoms with Crippen LogP contribution >= 0.6 is 0 Å². The van der Waals surface area contributed by atoms with Crippen LogP contribution in [-0.2, 0) is 16.9 Å². The molecule has 0 saturated heterocycles. The molecular formula is C29H31N3O2. The number of carboxylic acids is 1. The van der Waals surface area contributed by atoms with Crippen molar-refractivity contribution in [3.8, 4) is 0 Å². The van der Waals surface area contributed by atoms with Crippen LogP contribution in [0.15, 0.2) is 97.2 Å². The Balaban J connectivity index is 1.94. The average molecular weight is 454 g/mol. The van der Waals surface area contributed by atoms with Crippen molar-refractivity contribution in [1.82, 2.24) is 14.9 Å². The predicted molar refractivity (Wildman–Crippen MR) is 135 cm³/mol. The number of aryl methyl sites for hydroxylation is 1. The van der Waals surface area contributed by atoms with Gasteiger partial charge in [-0.15, -0.1) is 0 Å². The van der Waals surface area contributed by atoms with Gasteiger partial charge >= 0.3 is 5.97 Å². The molecule has 1 heterocycles. The number of carbonyl (C=O) groups is 1. The van der Waals surface area contributed by atoms with Crippen molar-refractivity contribution in [2.45, 2.75) is 44.8 Å². The van der Waals surface area contributed by atoms with Crippen LogP contribution in [0.3, 0.4) is 0 Å². The smallest absolute Gasteiger partial charge is 0.304 e.